The van der Waals surface area contributed by atoms with Crippen molar-refractivity contribution in [2.75, 3.05) is 11.1 Å². The first kappa shape index (κ1) is 14.1. The number of anilines is 1. The number of nitrogens with one attached hydrogen (secondary N) is 1. The van der Waals surface area contributed by atoms with Gasteiger partial charge in [-0.25, -0.2) is 0 Å². The van der Waals surface area contributed by atoms with E-state index in [4.69, 9.17) is 5.73 Å². The lowest BCUT2D eigenvalue weighted by molar-refractivity contribution is -0.115. The van der Waals surface area contributed by atoms with Gasteiger partial charge in [-0.15, -0.1) is 11.8 Å². The molecule has 3 nitrogen and oxygen atoms in total. The van der Waals surface area contributed by atoms with Gasteiger partial charge < -0.3 is 11.1 Å². The molecule has 0 radical (unpaired) electrons. The van der Waals surface area contributed by atoms with Crippen LogP contribution in [0.25, 0.3) is 0 Å². The molecule has 17 heavy (non-hydrogen) atoms. The molecule has 1 rings (SSSR count). The molecule has 0 bridgehead atoms. The van der Waals surface area contributed by atoms with E-state index in [-0.39, 0.29) is 17.2 Å². The normalized spacial score (nSPS) is 14.1. The lowest BCUT2D eigenvalue weighted by Crippen LogP contribution is -2.23. The van der Waals surface area contributed by atoms with E-state index in [1.807, 2.05) is 44.2 Å². The predicted octanol–water partition coefficient (Wildman–Crippen LogP) is 2.48. The minimum absolute atomic E-state index is 0.0471. The molecule has 1 amide bonds. The van der Waals surface area contributed by atoms with Gasteiger partial charge in [0.15, 0.2) is 0 Å². The molecule has 0 aliphatic heterocycles. The zero-order valence-electron chi connectivity index (χ0n) is 10.3. The van der Waals surface area contributed by atoms with Crippen LogP contribution < -0.4 is 11.1 Å². The molecule has 0 spiro atoms. The summed E-state index contributed by atoms with van der Waals surface area (Å²) >= 11 is 1.64. The first-order valence-electron chi connectivity index (χ1n) is 5.82. The molecule has 3 N–H and O–H groups in total. The van der Waals surface area contributed by atoms with Gasteiger partial charge in [-0.2, -0.15) is 0 Å². The molecule has 2 atom stereocenters. The van der Waals surface area contributed by atoms with E-state index in [0.29, 0.717) is 0 Å². The molecule has 0 aliphatic carbocycles. The van der Waals surface area contributed by atoms with Crippen molar-refractivity contribution < 1.29 is 4.79 Å². The van der Waals surface area contributed by atoms with Crippen LogP contribution in [0.4, 0.5) is 5.69 Å². The monoisotopic (exact) mass is 252 g/mol. The second-order valence-electron chi connectivity index (χ2n) is 4.13. The van der Waals surface area contributed by atoms with Crippen LogP contribution in [-0.4, -0.2) is 23.0 Å². The molecular formula is C13H20N2OS. The maximum atomic E-state index is 11.8. The van der Waals surface area contributed by atoms with Gasteiger partial charge in [0.05, 0.1) is 5.25 Å². The predicted molar refractivity (Wildman–Crippen MR) is 75.3 cm³/mol. The summed E-state index contributed by atoms with van der Waals surface area (Å²) in [7, 11) is 0. The minimum atomic E-state index is -0.0473. The summed E-state index contributed by atoms with van der Waals surface area (Å²) in [6.07, 6.45) is 0.938. The molecule has 0 fully saturated rings. The highest BCUT2D eigenvalue weighted by molar-refractivity contribution is 8.00. The fourth-order valence-electron chi connectivity index (χ4n) is 1.27. The van der Waals surface area contributed by atoms with Crippen molar-refractivity contribution in [2.45, 2.75) is 31.6 Å². The van der Waals surface area contributed by atoms with Crippen molar-refractivity contribution in [1.82, 2.24) is 0 Å². The highest BCUT2D eigenvalue weighted by Gasteiger charge is 2.13. The summed E-state index contributed by atoms with van der Waals surface area (Å²) in [6, 6.07) is 9.71. The summed E-state index contributed by atoms with van der Waals surface area (Å²) in [5, 5.41) is 2.84. The van der Waals surface area contributed by atoms with E-state index in [9.17, 15) is 4.79 Å². The number of hydrogen-bond acceptors (Lipinski definition) is 3. The Morgan fingerprint density at radius 2 is 2.00 bits per heavy atom. The molecular weight excluding hydrogens is 232 g/mol. The largest absolute Gasteiger partial charge is 0.328 e. The van der Waals surface area contributed by atoms with Crippen LogP contribution in [-0.2, 0) is 4.79 Å². The SMILES string of the molecule is CC(N)CCSC(C)C(=O)Nc1ccccc1. The summed E-state index contributed by atoms with van der Waals surface area (Å²) in [4.78, 5) is 11.8. The van der Waals surface area contributed by atoms with Gasteiger partial charge in [-0.3, -0.25) is 4.79 Å². The molecule has 1 aromatic rings. The summed E-state index contributed by atoms with van der Waals surface area (Å²) in [6.45, 7) is 3.90. The van der Waals surface area contributed by atoms with Crippen LogP contribution in [0.2, 0.25) is 0 Å². The van der Waals surface area contributed by atoms with Crippen molar-refractivity contribution in [2.24, 2.45) is 5.73 Å². The number of rotatable bonds is 6. The summed E-state index contributed by atoms with van der Waals surface area (Å²) in [5.41, 5.74) is 6.51. The van der Waals surface area contributed by atoms with Crippen LogP contribution in [0.5, 0.6) is 0 Å². The Kier molecular flexibility index (Phi) is 6.08. The second-order valence-corrected chi connectivity index (χ2v) is 5.58. The van der Waals surface area contributed by atoms with Crippen molar-refractivity contribution >= 4 is 23.4 Å². The van der Waals surface area contributed by atoms with Crippen LogP contribution in [0.1, 0.15) is 20.3 Å². The fraction of sp³-hybridized carbons (Fsp3) is 0.462. The summed E-state index contributed by atoms with van der Waals surface area (Å²) in [5.74, 6) is 0.965. The molecule has 0 heterocycles. The molecule has 1 aromatic carbocycles. The van der Waals surface area contributed by atoms with Crippen molar-refractivity contribution in [3.63, 3.8) is 0 Å². The van der Waals surface area contributed by atoms with E-state index in [1.165, 1.54) is 0 Å². The number of hydrogen-bond donors (Lipinski definition) is 2. The fourth-order valence-corrected chi connectivity index (χ4v) is 2.34. The number of carbonyl (C=O) groups is 1. The Hall–Kier alpha value is -1.00. The first-order valence-corrected chi connectivity index (χ1v) is 6.87. The quantitative estimate of drug-likeness (QED) is 0.818. The lowest BCUT2D eigenvalue weighted by Gasteiger charge is -2.12. The van der Waals surface area contributed by atoms with Crippen molar-refractivity contribution in [3.8, 4) is 0 Å². The van der Waals surface area contributed by atoms with Gasteiger partial charge in [0.1, 0.15) is 0 Å². The number of benzene rings is 1. The molecule has 0 aliphatic rings. The van der Waals surface area contributed by atoms with Crippen molar-refractivity contribution in [1.29, 1.82) is 0 Å². The third kappa shape index (κ3) is 5.75. The van der Waals surface area contributed by atoms with E-state index in [0.717, 1.165) is 17.9 Å². The smallest absolute Gasteiger partial charge is 0.237 e. The van der Waals surface area contributed by atoms with Gasteiger partial charge >= 0.3 is 0 Å². The van der Waals surface area contributed by atoms with Gasteiger partial charge in [-0.1, -0.05) is 18.2 Å². The average Bonchev–Trinajstić information content (AvgIpc) is 2.29. The Morgan fingerprint density at radius 1 is 1.35 bits per heavy atom. The molecule has 4 heteroatoms. The highest BCUT2D eigenvalue weighted by Crippen LogP contribution is 2.15. The van der Waals surface area contributed by atoms with Gasteiger partial charge in [0.2, 0.25) is 5.91 Å². The standard InChI is InChI=1S/C13H20N2OS/c1-10(14)8-9-17-11(2)13(16)15-12-6-4-3-5-7-12/h3-7,10-11H,8-9,14H2,1-2H3,(H,15,16). The van der Waals surface area contributed by atoms with Crippen molar-refractivity contribution in [3.05, 3.63) is 30.3 Å². The van der Waals surface area contributed by atoms with E-state index in [2.05, 4.69) is 5.32 Å². The number of thioether (sulfide) groups is 1. The first-order chi connectivity index (χ1) is 8.09. The second kappa shape index (κ2) is 7.35. The average molecular weight is 252 g/mol. The zero-order chi connectivity index (χ0) is 12.7. The molecule has 0 aromatic heterocycles. The number of nitrogens with two attached hydrogens (primary N) is 1. The molecule has 0 saturated carbocycles. The van der Waals surface area contributed by atoms with Gasteiger partial charge in [0.25, 0.3) is 0 Å². The molecule has 94 valence electrons. The van der Waals surface area contributed by atoms with Crippen LogP contribution in [0, 0.1) is 0 Å². The maximum Gasteiger partial charge on any atom is 0.237 e. The minimum Gasteiger partial charge on any atom is -0.328 e. The Balaban J connectivity index is 2.32. The van der Waals surface area contributed by atoms with E-state index < -0.39 is 0 Å². The molecule has 0 saturated heterocycles. The Bertz CT molecular complexity index is 341. The topological polar surface area (TPSA) is 55.1 Å². The van der Waals surface area contributed by atoms with E-state index >= 15 is 0 Å². The number of para-hydroxylation sites is 1. The Labute approximate surface area is 107 Å². The zero-order valence-corrected chi connectivity index (χ0v) is 11.2. The van der Waals surface area contributed by atoms with Crippen LogP contribution in [0.15, 0.2) is 30.3 Å². The van der Waals surface area contributed by atoms with Gasteiger partial charge in [0, 0.05) is 11.7 Å². The third-order valence-corrected chi connectivity index (χ3v) is 3.54. The van der Waals surface area contributed by atoms with Crippen LogP contribution in [0.3, 0.4) is 0 Å². The lowest BCUT2D eigenvalue weighted by atomic mass is 10.3. The summed E-state index contributed by atoms with van der Waals surface area (Å²) < 4.78 is 0. The number of carbonyl (C=O) groups excluding carboxylic acids is 1. The molecule has 2 unspecified atom stereocenters. The Morgan fingerprint density at radius 3 is 2.59 bits per heavy atom. The highest BCUT2D eigenvalue weighted by atomic mass is 32.2. The third-order valence-electron chi connectivity index (χ3n) is 2.35. The maximum absolute atomic E-state index is 11.8. The van der Waals surface area contributed by atoms with Gasteiger partial charge in [-0.05, 0) is 38.2 Å². The number of amides is 1. The van der Waals surface area contributed by atoms with Crippen LogP contribution >= 0.6 is 11.8 Å². The van der Waals surface area contributed by atoms with E-state index in [1.54, 1.807) is 11.8 Å².